The average Bonchev–Trinajstić information content (AvgIpc) is 2.70. The molecule has 2 rings (SSSR count). The molecule has 0 spiro atoms. The summed E-state index contributed by atoms with van der Waals surface area (Å²) < 4.78 is 36.7. The van der Waals surface area contributed by atoms with Crippen LogP contribution in [-0.4, -0.2) is 47.4 Å². The molecule has 0 aliphatic heterocycles. The van der Waals surface area contributed by atoms with Crippen molar-refractivity contribution in [2.45, 2.75) is 32.7 Å². The van der Waals surface area contributed by atoms with Gasteiger partial charge in [0.2, 0.25) is 15.9 Å². The number of anilines is 1. The maximum absolute atomic E-state index is 12.7. The second kappa shape index (κ2) is 10.3. The number of rotatable bonds is 10. The zero-order valence-corrected chi connectivity index (χ0v) is 19.0. The number of ether oxygens (including phenoxy) is 2. The minimum absolute atomic E-state index is 0.252. The highest BCUT2D eigenvalue weighted by molar-refractivity contribution is 7.92. The van der Waals surface area contributed by atoms with Crippen molar-refractivity contribution in [2.24, 2.45) is 0 Å². The van der Waals surface area contributed by atoms with E-state index in [1.54, 1.807) is 25.1 Å². The fourth-order valence-electron chi connectivity index (χ4n) is 3.27. The first-order chi connectivity index (χ1) is 14.2. The molecule has 0 saturated carbocycles. The van der Waals surface area contributed by atoms with Gasteiger partial charge < -0.3 is 14.8 Å². The Kier molecular flexibility index (Phi) is 8.11. The minimum atomic E-state index is -3.76. The monoisotopic (exact) mass is 434 g/mol. The number of hydrogen-bond acceptors (Lipinski definition) is 5. The Morgan fingerprint density at radius 2 is 1.87 bits per heavy atom. The molecule has 0 saturated heterocycles. The molecule has 2 aromatic rings. The largest absolute Gasteiger partial charge is 0.497 e. The van der Waals surface area contributed by atoms with Crippen molar-refractivity contribution in [1.29, 1.82) is 0 Å². The number of methoxy groups -OCH3 is 2. The molecule has 0 unspecified atom stereocenters. The zero-order valence-electron chi connectivity index (χ0n) is 18.1. The molecule has 0 heterocycles. The summed E-state index contributed by atoms with van der Waals surface area (Å²) in [5.74, 6) is 0.417. The summed E-state index contributed by atoms with van der Waals surface area (Å²) in [4.78, 5) is 12.7. The maximum Gasteiger partial charge on any atom is 0.243 e. The molecule has 0 bridgehead atoms. The van der Waals surface area contributed by atoms with Gasteiger partial charge in [-0.15, -0.1) is 0 Å². The number of nitrogens with zero attached hydrogens (tertiary/aromatic N) is 1. The smallest absolute Gasteiger partial charge is 0.243 e. The third-order valence-corrected chi connectivity index (χ3v) is 5.96. The molecule has 1 N–H and O–H groups in total. The van der Waals surface area contributed by atoms with Gasteiger partial charge in [0.05, 0.1) is 26.2 Å². The van der Waals surface area contributed by atoms with Crippen LogP contribution in [0.2, 0.25) is 0 Å². The SMILES string of the molecule is COc1ccc(OC)c(N([C@H](C)C(=O)NCCCc2cccc(C)c2)S(C)(=O)=O)c1. The molecule has 8 heteroatoms. The van der Waals surface area contributed by atoms with Gasteiger partial charge in [-0.25, -0.2) is 8.42 Å². The Labute approximate surface area is 179 Å². The van der Waals surface area contributed by atoms with E-state index < -0.39 is 16.1 Å². The number of nitrogens with one attached hydrogen (secondary N) is 1. The molecule has 0 fully saturated rings. The zero-order chi connectivity index (χ0) is 22.3. The number of hydrogen-bond donors (Lipinski definition) is 1. The second-order valence-electron chi connectivity index (χ2n) is 7.16. The van der Waals surface area contributed by atoms with Crippen molar-refractivity contribution in [2.75, 3.05) is 31.3 Å². The fraction of sp³-hybridized carbons (Fsp3) is 0.409. The van der Waals surface area contributed by atoms with Gasteiger partial charge in [-0.3, -0.25) is 9.10 Å². The third-order valence-electron chi connectivity index (χ3n) is 4.74. The van der Waals surface area contributed by atoms with E-state index in [9.17, 15) is 13.2 Å². The number of sulfonamides is 1. The maximum atomic E-state index is 12.7. The average molecular weight is 435 g/mol. The van der Waals surface area contributed by atoms with Gasteiger partial charge in [0, 0.05) is 12.6 Å². The Bertz CT molecular complexity index is 975. The van der Waals surface area contributed by atoms with Crippen molar-refractivity contribution < 1.29 is 22.7 Å². The van der Waals surface area contributed by atoms with Crippen LogP contribution < -0.4 is 19.1 Å². The molecule has 0 aliphatic carbocycles. The lowest BCUT2D eigenvalue weighted by atomic mass is 10.1. The summed E-state index contributed by atoms with van der Waals surface area (Å²) in [7, 11) is -0.828. The summed E-state index contributed by atoms with van der Waals surface area (Å²) in [6.07, 6.45) is 2.65. The molecule has 0 radical (unpaired) electrons. The van der Waals surface area contributed by atoms with Gasteiger partial charge in [-0.1, -0.05) is 29.8 Å². The van der Waals surface area contributed by atoms with Crippen LogP contribution in [0.5, 0.6) is 11.5 Å². The molecule has 1 atom stereocenters. The minimum Gasteiger partial charge on any atom is -0.497 e. The summed E-state index contributed by atoms with van der Waals surface area (Å²) in [6, 6.07) is 12.1. The summed E-state index contributed by atoms with van der Waals surface area (Å²) in [5.41, 5.74) is 2.65. The molecular formula is C22H30N2O5S. The topological polar surface area (TPSA) is 84.9 Å². The highest BCUT2D eigenvalue weighted by Gasteiger charge is 2.31. The van der Waals surface area contributed by atoms with Crippen LogP contribution in [-0.2, 0) is 21.2 Å². The predicted molar refractivity (Wildman–Crippen MR) is 119 cm³/mol. The van der Waals surface area contributed by atoms with Crippen molar-refractivity contribution in [3.05, 3.63) is 53.6 Å². The Balaban J connectivity index is 2.12. The number of aryl methyl sites for hydroxylation is 2. The summed E-state index contributed by atoms with van der Waals surface area (Å²) in [5, 5.41) is 2.84. The van der Waals surface area contributed by atoms with E-state index in [2.05, 4.69) is 17.4 Å². The van der Waals surface area contributed by atoms with Crippen LogP contribution in [0.1, 0.15) is 24.5 Å². The number of amides is 1. The van der Waals surface area contributed by atoms with Crippen molar-refractivity contribution >= 4 is 21.6 Å². The van der Waals surface area contributed by atoms with Gasteiger partial charge in [0.25, 0.3) is 0 Å². The van der Waals surface area contributed by atoms with Crippen LogP contribution in [0.4, 0.5) is 5.69 Å². The first kappa shape index (κ1) is 23.5. The van der Waals surface area contributed by atoms with E-state index in [0.717, 1.165) is 23.4 Å². The first-order valence-electron chi connectivity index (χ1n) is 9.72. The first-order valence-corrected chi connectivity index (χ1v) is 11.6. The lowest BCUT2D eigenvalue weighted by Crippen LogP contribution is -2.48. The fourth-order valence-corrected chi connectivity index (χ4v) is 4.44. The van der Waals surface area contributed by atoms with Gasteiger partial charge in [-0.05, 0) is 44.4 Å². The number of carbonyl (C=O) groups is 1. The van der Waals surface area contributed by atoms with Crippen LogP contribution in [0.25, 0.3) is 0 Å². The molecule has 0 aromatic heterocycles. The normalized spacial score (nSPS) is 12.2. The van der Waals surface area contributed by atoms with E-state index >= 15 is 0 Å². The van der Waals surface area contributed by atoms with E-state index in [4.69, 9.17) is 9.47 Å². The van der Waals surface area contributed by atoms with Crippen molar-refractivity contribution in [3.8, 4) is 11.5 Å². The van der Waals surface area contributed by atoms with E-state index in [1.165, 1.54) is 25.3 Å². The quantitative estimate of drug-likeness (QED) is 0.581. The molecular weight excluding hydrogens is 404 g/mol. The van der Waals surface area contributed by atoms with Gasteiger partial charge in [-0.2, -0.15) is 0 Å². The van der Waals surface area contributed by atoms with Crippen LogP contribution in [0.3, 0.4) is 0 Å². The Morgan fingerprint density at radius 3 is 2.47 bits per heavy atom. The van der Waals surface area contributed by atoms with E-state index in [1.807, 2.05) is 19.1 Å². The molecule has 30 heavy (non-hydrogen) atoms. The molecule has 7 nitrogen and oxygen atoms in total. The van der Waals surface area contributed by atoms with Crippen molar-refractivity contribution in [3.63, 3.8) is 0 Å². The van der Waals surface area contributed by atoms with Gasteiger partial charge >= 0.3 is 0 Å². The van der Waals surface area contributed by atoms with Gasteiger partial charge in [0.15, 0.2) is 0 Å². The lowest BCUT2D eigenvalue weighted by Gasteiger charge is -2.29. The standard InChI is InChI=1S/C22H30N2O5S/c1-16-8-6-9-18(14-16)10-7-13-23-22(25)17(2)24(30(5,26)27)20-15-19(28-3)11-12-21(20)29-4/h6,8-9,11-12,14-15,17H,7,10,13H2,1-5H3,(H,23,25)/t17-/m1/s1. The van der Waals surface area contributed by atoms with E-state index in [0.29, 0.717) is 18.0 Å². The molecule has 2 aromatic carbocycles. The van der Waals surface area contributed by atoms with Gasteiger partial charge in [0.1, 0.15) is 17.5 Å². The van der Waals surface area contributed by atoms with Crippen molar-refractivity contribution in [1.82, 2.24) is 5.32 Å². The molecule has 1 amide bonds. The highest BCUT2D eigenvalue weighted by Crippen LogP contribution is 2.35. The highest BCUT2D eigenvalue weighted by atomic mass is 32.2. The summed E-state index contributed by atoms with van der Waals surface area (Å²) in [6.45, 7) is 4.04. The predicted octanol–water partition coefficient (Wildman–Crippen LogP) is 2.92. The molecule has 0 aliphatic rings. The Morgan fingerprint density at radius 1 is 1.13 bits per heavy atom. The van der Waals surface area contributed by atoms with Crippen LogP contribution in [0, 0.1) is 6.92 Å². The molecule has 164 valence electrons. The third kappa shape index (κ3) is 6.13. The Hall–Kier alpha value is -2.74. The van der Waals surface area contributed by atoms with Crippen LogP contribution >= 0.6 is 0 Å². The number of benzene rings is 2. The number of carbonyl (C=O) groups excluding carboxylic acids is 1. The van der Waals surface area contributed by atoms with Crippen LogP contribution in [0.15, 0.2) is 42.5 Å². The second-order valence-corrected chi connectivity index (χ2v) is 9.02. The summed E-state index contributed by atoms with van der Waals surface area (Å²) >= 11 is 0. The van der Waals surface area contributed by atoms with E-state index in [-0.39, 0.29) is 11.6 Å². The lowest BCUT2D eigenvalue weighted by molar-refractivity contribution is -0.121.